The molecule has 0 atom stereocenters. The van der Waals surface area contributed by atoms with E-state index in [1.807, 2.05) is 0 Å². The molecule has 0 amide bonds. The molecule has 2 nitrogen and oxygen atoms in total. The molecule has 1 N–H and O–H groups in total. The van der Waals surface area contributed by atoms with E-state index in [-0.39, 0.29) is 5.82 Å². The Morgan fingerprint density at radius 3 is 2.75 bits per heavy atom. The smallest absolute Gasteiger partial charge is 0.319 e. The number of benzene rings is 1. The number of aliphatic carboxylic acids is 1. The molecule has 0 aliphatic carbocycles. The Balaban J connectivity index is 2.75. The van der Waals surface area contributed by atoms with Gasteiger partial charge in [0.05, 0.1) is 0 Å². The van der Waals surface area contributed by atoms with E-state index in [4.69, 9.17) is 5.11 Å². The zero-order valence-electron chi connectivity index (χ0n) is 8.96. The van der Waals surface area contributed by atoms with Crippen molar-refractivity contribution in [2.75, 3.05) is 0 Å². The first-order chi connectivity index (χ1) is 7.33. The molecule has 0 saturated heterocycles. The maximum Gasteiger partial charge on any atom is 0.319 e. The van der Waals surface area contributed by atoms with Gasteiger partial charge < -0.3 is 5.11 Å². The van der Waals surface area contributed by atoms with Gasteiger partial charge >= 0.3 is 5.97 Å². The molecule has 1 rings (SSSR count). The van der Waals surface area contributed by atoms with Crippen molar-refractivity contribution in [3.63, 3.8) is 0 Å². The number of thioether (sulfide) groups is 1. The van der Waals surface area contributed by atoms with Gasteiger partial charge in [-0.3, -0.25) is 4.79 Å². The second-order valence-corrected chi connectivity index (χ2v) is 6.29. The molecule has 16 heavy (non-hydrogen) atoms. The fourth-order valence-electron chi connectivity index (χ4n) is 0.974. The lowest BCUT2D eigenvalue weighted by Crippen LogP contribution is -2.27. The van der Waals surface area contributed by atoms with E-state index < -0.39 is 10.7 Å². The average molecular weight is 307 g/mol. The van der Waals surface area contributed by atoms with Crippen LogP contribution in [0, 0.1) is 5.82 Å². The molecule has 0 unspecified atom stereocenters. The minimum Gasteiger partial charge on any atom is -0.480 e. The lowest BCUT2D eigenvalue weighted by Gasteiger charge is -2.18. The molecule has 88 valence electrons. The second kappa shape index (κ2) is 5.19. The van der Waals surface area contributed by atoms with Crippen LogP contribution in [-0.4, -0.2) is 15.8 Å². The van der Waals surface area contributed by atoms with Gasteiger partial charge in [0.25, 0.3) is 0 Å². The van der Waals surface area contributed by atoms with E-state index in [0.717, 1.165) is 10.0 Å². The highest BCUT2D eigenvalue weighted by Crippen LogP contribution is 2.31. The molecule has 0 spiro atoms. The summed E-state index contributed by atoms with van der Waals surface area (Å²) >= 11 is 4.57. The van der Waals surface area contributed by atoms with Crippen molar-refractivity contribution < 1.29 is 14.3 Å². The van der Waals surface area contributed by atoms with Gasteiger partial charge in [0, 0.05) is 10.2 Å². The van der Waals surface area contributed by atoms with Crippen LogP contribution < -0.4 is 0 Å². The van der Waals surface area contributed by atoms with Crippen LogP contribution in [0.3, 0.4) is 0 Å². The van der Waals surface area contributed by atoms with Crippen LogP contribution in [0.2, 0.25) is 0 Å². The predicted molar refractivity (Wildman–Crippen MR) is 67.1 cm³/mol. The van der Waals surface area contributed by atoms with Crippen LogP contribution in [-0.2, 0) is 10.5 Å². The van der Waals surface area contributed by atoms with E-state index in [2.05, 4.69) is 15.9 Å². The summed E-state index contributed by atoms with van der Waals surface area (Å²) < 4.78 is 12.9. The highest BCUT2D eigenvalue weighted by Gasteiger charge is 2.27. The maximum atomic E-state index is 13.0. The third-order valence-electron chi connectivity index (χ3n) is 2.11. The summed E-state index contributed by atoms with van der Waals surface area (Å²) in [6.45, 7) is 3.26. The van der Waals surface area contributed by atoms with Crippen molar-refractivity contribution in [1.29, 1.82) is 0 Å². The minimum absolute atomic E-state index is 0.313. The number of carboxylic acid groups (broad SMARTS) is 1. The van der Waals surface area contributed by atoms with E-state index in [1.54, 1.807) is 19.9 Å². The molecule has 0 saturated carbocycles. The normalized spacial score (nSPS) is 11.5. The lowest BCUT2D eigenvalue weighted by atomic mass is 10.2. The van der Waals surface area contributed by atoms with Gasteiger partial charge in [-0.25, -0.2) is 4.39 Å². The number of carboxylic acids is 1. The maximum absolute atomic E-state index is 13.0. The van der Waals surface area contributed by atoms with Crippen molar-refractivity contribution in [2.45, 2.75) is 24.3 Å². The van der Waals surface area contributed by atoms with Gasteiger partial charge in [0.1, 0.15) is 10.6 Å². The molecule has 5 heteroatoms. The van der Waals surface area contributed by atoms with Crippen molar-refractivity contribution in [3.8, 4) is 0 Å². The van der Waals surface area contributed by atoms with Gasteiger partial charge in [-0.2, -0.15) is 0 Å². The molecular weight excluding hydrogens is 295 g/mol. The third kappa shape index (κ3) is 3.49. The van der Waals surface area contributed by atoms with E-state index in [1.165, 1.54) is 23.9 Å². The molecule has 0 fully saturated rings. The first-order valence-electron chi connectivity index (χ1n) is 4.64. The van der Waals surface area contributed by atoms with Crippen LogP contribution in [0.25, 0.3) is 0 Å². The van der Waals surface area contributed by atoms with Gasteiger partial charge in [0.15, 0.2) is 0 Å². The van der Waals surface area contributed by atoms with Crippen LogP contribution in [0.1, 0.15) is 19.4 Å². The molecule has 1 aromatic carbocycles. The zero-order valence-corrected chi connectivity index (χ0v) is 11.4. The summed E-state index contributed by atoms with van der Waals surface area (Å²) in [7, 11) is 0. The molecular formula is C11H12BrFO2S. The minimum atomic E-state index is -0.870. The standard InChI is InChI=1S/C11H12BrFO2S/c1-11(2,10(14)15)16-6-7-5-8(13)3-4-9(7)12/h3-5H,6H2,1-2H3,(H,14,15). The number of hydrogen-bond acceptors (Lipinski definition) is 2. The number of rotatable bonds is 4. The zero-order chi connectivity index (χ0) is 12.3. The summed E-state index contributed by atoms with van der Waals surface area (Å²) in [5.74, 6) is -0.727. The van der Waals surface area contributed by atoms with Gasteiger partial charge in [-0.1, -0.05) is 15.9 Å². The second-order valence-electron chi connectivity index (χ2n) is 3.84. The van der Waals surface area contributed by atoms with Crippen molar-refractivity contribution in [1.82, 2.24) is 0 Å². The summed E-state index contributed by atoms with van der Waals surface area (Å²) in [5, 5.41) is 8.94. The number of hydrogen-bond donors (Lipinski definition) is 1. The fraction of sp³-hybridized carbons (Fsp3) is 0.364. The number of halogens is 2. The van der Waals surface area contributed by atoms with E-state index in [0.29, 0.717) is 5.75 Å². The first-order valence-corrected chi connectivity index (χ1v) is 6.42. The topological polar surface area (TPSA) is 37.3 Å². The van der Waals surface area contributed by atoms with Crippen LogP contribution in [0.4, 0.5) is 4.39 Å². The highest BCUT2D eigenvalue weighted by molar-refractivity contribution is 9.10. The van der Waals surface area contributed by atoms with Gasteiger partial charge in [-0.15, -0.1) is 11.8 Å². The van der Waals surface area contributed by atoms with E-state index >= 15 is 0 Å². The SMILES string of the molecule is CC(C)(SCc1cc(F)ccc1Br)C(=O)O. The summed E-state index contributed by atoms with van der Waals surface area (Å²) in [5.41, 5.74) is 0.763. The largest absolute Gasteiger partial charge is 0.480 e. The number of carbonyl (C=O) groups is 1. The van der Waals surface area contributed by atoms with Crippen LogP contribution >= 0.6 is 27.7 Å². The van der Waals surface area contributed by atoms with Gasteiger partial charge in [-0.05, 0) is 37.6 Å². The molecule has 0 bridgehead atoms. The van der Waals surface area contributed by atoms with Crippen molar-refractivity contribution >= 4 is 33.7 Å². The third-order valence-corrected chi connectivity index (χ3v) is 4.24. The summed E-state index contributed by atoms with van der Waals surface area (Å²) in [6.07, 6.45) is 0. The molecule has 1 aromatic rings. The van der Waals surface area contributed by atoms with E-state index in [9.17, 15) is 9.18 Å². The Morgan fingerprint density at radius 1 is 1.56 bits per heavy atom. The fourth-order valence-corrected chi connectivity index (χ4v) is 2.42. The Hall–Kier alpha value is -0.550. The quantitative estimate of drug-likeness (QED) is 0.922. The Labute approximate surface area is 106 Å². The highest BCUT2D eigenvalue weighted by atomic mass is 79.9. The Kier molecular flexibility index (Phi) is 4.38. The van der Waals surface area contributed by atoms with Crippen LogP contribution in [0.5, 0.6) is 0 Å². The first kappa shape index (κ1) is 13.5. The Morgan fingerprint density at radius 2 is 2.19 bits per heavy atom. The monoisotopic (exact) mass is 306 g/mol. The molecule has 0 heterocycles. The average Bonchev–Trinajstić information content (AvgIpc) is 2.19. The molecule has 0 aliphatic heterocycles. The summed E-state index contributed by atoms with van der Waals surface area (Å²) in [4.78, 5) is 10.9. The van der Waals surface area contributed by atoms with Crippen molar-refractivity contribution in [3.05, 3.63) is 34.1 Å². The molecule has 0 aromatic heterocycles. The van der Waals surface area contributed by atoms with Crippen LogP contribution in [0.15, 0.2) is 22.7 Å². The summed E-state index contributed by atoms with van der Waals surface area (Å²) in [6, 6.07) is 4.40. The molecule has 0 aliphatic rings. The molecule has 0 radical (unpaired) electrons. The predicted octanol–water partition coefficient (Wildman–Crippen LogP) is 3.68. The lowest BCUT2D eigenvalue weighted by molar-refractivity contribution is -0.138. The van der Waals surface area contributed by atoms with Crippen molar-refractivity contribution in [2.24, 2.45) is 0 Å². The van der Waals surface area contributed by atoms with Gasteiger partial charge in [0.2, 0.25) is 0 Å². The Bertz CT molecular complexity index is 407.